The SMILES string of the molecule is O=C(O)C1C(C(=O)Nc2cccc(CO)c2)[C@H]2CC[C@H]1O2. The van der Waals surface area contributed by atoms with Crippen molar-refractivity contribution in [1.29, 1.82) is 0 Å². The van der Waals surface area contributed by atoms with Crippen molar-refractivity contribution in [3.63, 3.8) is 0 Å². The number of aliphatic hydroxyl groups is 1. The number of fused-ring (bicyclic) bond motifs is 2. The summed E-state index contributed by atoms with van der Waals surface area (Å²) >= 11 is 0. The van der Waals surface area contributed by atoms with Crippen LogP contribution >= 0.6 is 0 Å². The first-order valence-corrected chi connectivity index (χ1v) is 6.99. The van der Waals surface area contributed by atoms with Crippen molar-refractivity contribution in [3.8, 4) is 0 Å². The Morgan fingerprint density at radius 2 is 1.95 bits per heavy atom. The van der Waals surface area contributed by atoms with Gasteiger partial charge in [-0.05, 0) is 30.5 Å². The lowest BCUT2D eigenvalue weighted by molar-refractivity contribution is -0.147. The van der Waals surface area contributed by atoms with Gasteiger partial charge in [0.05, 0.1) is 30.7 Å². The molecule has 2 saturated heterocycles. The molecule has 2 bridgehead atoms. The summed E-state index contributed by atoms with van der Waals surface area (Å²) in [5.41, 5.74) is 1.24. The fraction of sp³-hybridized carbons (Fsp3) is 0.467. The highest BCUT2D eigenvalue weighted by Gasteiger charge is 2.55. The summed E-state index contributed by atoms with van der Waals surface area (Å²) in [6.45, 7) is -0.112. The number of hydrogen-bond donors (Lipinski definition) is 3. The van der Waals surface area contributed by atoms with Crippen LogP contribution in [0.15, 0.2) is 24.3 Å². The third-order valence-corrected chi connectivity index (χ3v) is 4.24. The van der Waals surface area contributed by atoms with Crippen LogP contribution in [0.4, 0.5) is 5.69 Å². The van der Waals surface area contributed by atoms with E-state index < -0.39 is 17.8 Å². The molecule has 21 heavy (non-hydrogen) atoms. The van der Waals surface area contributed by atoms with Gasteiger partial charge in [-0.2, -0.15) is 0 Å². The van der Waals surface area contributed by atoms with Gasteiger partial charge in [0, 0.05) is 5.69 Å². The molecule has 112 valence electrons. The second kappa shape index (κ2) is 5.46. The normalized spacial score (nSPS) is 30.3. The Balaban J connectivity index is 1.76. The second-order valence-electron chi connectivity index (χ2n) is 5.53. The zero-order valence-corrected chi connectivity index (χ0v) is 11.4. The lowest BCUT2D eigenvalue weighted by Crippen LogP contribution is -2.40. The zero-order chi connectivity index (χ0) is 15.0. The molecule has 6 heteroatoms. The average Bonchev–Trinajstić information content (AvgIpc) is 3.07. The van der Waals surface area contributed by atoms with Crippen molar-refractivity contribution in [2.45, 2.75) is 31.7 Å². The van der Waals surface area contributed by atoms with E-state index in [0.29, 0.717) is 17.7 Å². The number of ether oxygens (including phenoxy) is 1. The molecule has 0 saturated carbocycles. The fourth-order valence-corrected chi connectivity index (χ4v) is 3.30. The minimum absolute atomic E-state index is 0.112. The first kappa shape index (κ1) is 14.0. The van der Waals surface area contributed by atoms with E-state index >= 15 is 0 Å². The molecule has 1 amide bonds. The van der Waals surface area contributed by atoms with Gasteiger partial charge in [0.1, 0.15) is 0 Å². The van der Waals surface area contributed by atoms with Gasteiger partial charge < -0.3 is 20.3 Å². The monoisotopic (exact) mass is 291 g/mol. The van der Waals surface area contributed by atoms with Crippen LogP contribution in [-0.4, -0.2) is 34.3 Å². The summed E-state index contributed by atoms with van der Waals surface area (Å²) in [7, 11) is 0. The number of hydrogen-bond acceptors (Lipinski definition) is 4. The number of rotatable bonds is 4. The lowest BCUT2D eigenvalue weighted by Gasteiger charge is -2.23. The quantitative estimate of drug-likeness (QED) is 0.769. The highest BCUT2D eigenvalue weighted by molar-refractivity contribution is 5.96. The van der Waals surface area contributed by atoms with Gasteiger partial charge in [-0.3, -0.25) is 9.59 Å². The molecule has 2 unspecified atom stereocenters. The molecular formula is C15H17NO5. The number of carboxylic acid groups (broad SMARTS) is 1. The van der Waals surface area contributed by atoms with E-state index in [9.17, 15) is 14.7 Å². The van der Waals surface area contributed by atoms with Crippen LogP contribution in [0, 0.1) is 11.8 Å². The molecule has 2 aliphatic rings. The molecule has 2 fully saturated rings. The Kier molecular flexibility index (Phi) is 3.65. The van der Waals surface area contributed by atoms with Gasteiger partial charge in [0.2, 0.25) is 5.91 Å². The minimum Gasteiger partial charge on any atom is -0.481 e. The number of carbonyl (C=O) groups is 2. The molecule has 0 aliphatic carbocycles. The average molecular weight is 291 g/mol. The summed E-state index contributed by atoms with van der Waals surface area (Å²) in [6, 6.07) is 6.85. The van der Waals surface area contributed by atoms with Crippen molar-refractivity contribution in [2.24, 2.45) is 11.8 Å². The molecular weight excluding hydrogens is 274 g/mol. The topological polar surface area (TPSA) is 95.9 Å². The molecule has 0 aromatic heterocycles. The predicted octanol–water partition coefficient (Wildman–Crippen LogP) is 0.996. The van der Waals surface area contributed by atoms with Crippen LogP contribution in [0.1, 0.15) is 18.4 Å². The number of aliphatic hydroxyl groups excluding tert-OH is 1. The minimum atomic E-state index is -0.980. The van der Waals surface area contributed by atoms with Crippen LogP contribution in [-0.2, 0) is 20.9 Å². The molecule has 2 aliphatic heterocycles. The molecule has 6 nitrogen and oxygen atoms in total. The van der Waals surface area contributed by atoms with E-state index in [1.807, 2.05) is 0 Å². The Labute approximate surface area is 121 Å². The van der Waals surface area contributed by atoms with Crippen LogP contribution in [0.3, 0.4) is 0 Å². The van der Waals surface area contributed by atoms with Gasteiger partial charge in [-0.15, -0.1) is 0 Å². The first-order valence-electron chi connectivity index (χ1n) is 6.99. The largest absolute Gasteiger partial charge is 0.481 e. The van der Waals surface area contributed by atoms with Crippen molar-refractivity contribution in [1.82, 2.24) is 0 Å². The molecule has 0 radical (unpaired) electrons. The third-order valence-electron chi connectivity index (χ3n) is 4.24. The number of anilines is 1. The predicted molar refractivity (Wildman–Crippen MR) is 73.5 cm³/mol. The lowest BCUT2D eigenvalue weighted by atomic mass is 9.78. The van der Waals surface area contributed by atoms with Crippen molar-refractivity contribution in [2.75, 3.05) is 5.32 Å². The standard InChI is InChI=1S/C15H17NO5/c17-7-8-2-1-3-9(6-8)16-14(18)12-10-4-5-11(21-10)13(12)15(19)20/h1-3,6,10-13,17H,4-5,7H2,(H,16,18)(H,19,20)/t10-,11-,12?,13?/m1/s1. The molecule has 2 heterocycles. The number of benzene rings is 1. The van der Waals surface area contributed by atoms with E-state index in [0.717, 1.165) is 6.42 Å². The molecule has 3 N–H and O–H groups in total. The third kappa shape index (κ3) is 2.52. The van der Waals surface area contributed by atoms with Gasteiger partial charge in [0.25, 0.3) is 0 Å². The van der Waals surface area contributed by atoms with Gasteiger partial charge >= 0.3 is 5.97 Å². The molecule has 3 rings (SSSR count). The molecule has 4 atom stereocenters. The van der Waals surface area contributed by atoms with Gasteiger partial charge in [-0.1, -0.05) is 12.1 Å². The number of carboxylic acids is 1. The smallest absolute Gasteiger partial charge is 0.310 e. The van der Waals surface area contributed by atoms with E-state index in [-0.39, 0.29) is 24.7 Å². The summed E-state index contributed by atoms with van der Waals surface area (Å²) in [5, 5.41) is 21.1. The van der Waals surface area contributed by atoms with Crippen LogP contribution in [0.25, 0.3) is 0 Å². The molecule has 0 spiro atoms. The van der Waals surface area contributed by atoms with E-state index in [2.05, 4.69) is 5.32 Å². The number of amides is 1. The Bertz CT molecular complexity index is 573. The maximum atomic E-state index is 12.4. The summed E-state index contributed by atoms with van der Waals surface area (Å²) in [5.74, 6) is -2.74. The van der Waals surface area contributed by atoms with Crippen molar-refractivity contribution in [3.05, 3.63) is 29.8 Å². The maximum Gasteiger partial charge on any atom is 0.310 e. The van der Waals surface area contributed by atoms with E-state index in [1.165, 1.54) is 0 Å². The Morgan fingerprint density at radius 1 is 1.24 bits per heavy atom. The molecule has 1 aromatic carbocycles. The number of carbonyl (C=O) groups excluding carboxylic acids is 1. The summed E-state index contributed by atoms with van der Waals surface area (Å²) in [4.78, 5) is 23.8. The second-order valence-corrected chi connectivity index (χ2v) is 5.53. The Hall–Kier alpha value is -1.92. The first-order chi connectivity index (χ1) is 10.1. The fourth-order valence-electron chi connectivity index (χ4n) is 3.30. The van der Waals surface area contributed by atoms with Gasteiger partial charge in [0.15, 0.2) is 0 Å². The Morgan fingerprint density at radius 3 is 2.62 bits per heavy atom. The van der Waals surface area contributed by atoms with Gasteiger partial charge in [-0.25, -0.2) is 0 Å². The van der Waals surface area contributed by atoms with E-state index in [1.54, 1.807) is 24.3 Å². The zero-order valence-electron chi connectivity index (χ0n) is 11.4. The highest BCUT2D eigenvalue weighted by atomic mass is 16.5. The molecule has 1 aromatic rings. The van der Waals surface area contributed by atoms with Crippen LogP contribution in [0.5, 0.6) is 0 Å². The number of nitrogens with one attached hydrogen (secondary N) is 1. The van der Waals surface area contributed by atoms with Crippen LogP contribution < -0.4 is 5.32 Å². The van der Waals surface area contributed by atoms with E-state index in [4.69, 9.17) is 9.84 Å². The summed E-state index contributed by atoms with van der Waals surface area (Å²) in [6.07, 6.45) is 0.762. The summed E-state index contributed by atoms with van der Waals surface area (Å²) < 4.78 is 5.58. The van der Waals surface area contributed by atoms with Crippen molar-refractivity contribution < 1.29 is 24.5 Å². The maximum absolute atomic E-state index is 12.4. The van der Waals surface area contributed by atoms with Crippen LogP contribution in [0.2, 0.25) is 0 Å². The number of aliphatic carboxylic acids is 1. The van der Waals surface area contributed by atoms with Crippen molar-refractivity contribution >= 4 is 17.6 Å². The highest BCUT2D eigenvalue weighted by Crippen LogP contribution is 2.44.